The first kappa shape index (κ1) is 31.6. The number of rotatable bonds is 5. The predicted molar refractivity (Wildman–Crippen MR) is 236 cm³/mol. The summed E-state index contributed by atoms with van der Waals surface area (Å²) in [6, 6.07) is 63.7. The van der Waals surface area contributed by atoms with Crippen LogP contribution in [-0.2, 0) is 0 Å². The Morgan fingerprint density at radius 1 is 0.298 bits per heavy atom. The molecule has 5 heteroatoms. The van der Waals surface area contributed by atoms with E-state index < -0.39 is 0 Å². The minimum absolute atomic E-state index is 1.03. The molecular formula is C52H33N5. The summed E-state index contributed by atoms with van der Waals surface area (Å²) in [6.45, 7) is 0. The zero-order valence-electron chi connectivity index (χ0n) is 30.8. The van der Waals surface area contributed by atoms with E-state index in [-0.39, 0.29) is 0 Å². The van der Waals surface area contributed by atoms with E-state index in [0.717, 1.165) is 50.3 Å². The summed E-state index contributed by atoms with van der Waals surface area (Å²) in [5, 5.41) is 7.35. The predicted octanol–water partition coefficient (Wildman–Crippen LogP) is 13.1. The molecule has 0 unspecified atom stereocenters. The van der Waals surface area contributed by atoms with Gasteiger partial charge < -0.3 is 13.7 Å². The average molecular weight is 728 g/mol. The van der Waals surface area contributed by atoms with Crippen LogP contribution in [0.3, 0.4) is 0 Å². The second kappa shape index (κ2) is 12.4. The lowest BCUT2D eigenvalue weighted by Gasteiger charge is -2.14. The molecule has 0 saturated carbocycles. The number of para-hydroxylation sites is 4. The van der Waals surface area contributed by atoms with Crippen LogP contribution in [-0.4, -0.2) is 23.7 Å². The van der Waals surface area contributed by atoms with Crippen molar-refractivity contribution >= 4 is 65.4 Å². The van der Waals surface area contributed by atoms with Crippen molar-refractivity contribution in [3.8, 4) is 39.3 Å². The normalized spacial score (nSPS) is 11.9. The zero-order valence-corrected chi connectivity index (χ0v) is 30.8. The van der Waals surface area contributed by atoms with Crippen LogP contribution in [0.25, 0.3) is 105 Å². The van der Waals surface area contributed by atoms with Gasteiger partial charge in [-0.05, 0) is 89.5 Å². The van der Waals surface area contributed by atoms with Gasteiger partial charge in [-0.2, -0.15) is 0 Å². The smallest absolute Gasteiger partial charge is 0.0723 e. The molecule has 0 aliphatic rings. The van der Waals surface area contributed by atoms with Crippen molar-refractivity contribution in [1.82, 2.24) is 23.7 Å². The number of nitrogens with zero attached hydrogens (tertiary/aromatic N) is 5. The fourth-order valence-electron chi connectivity index (χ4n) is 9.12. The van der Waals surface area contributed by atoms with Crippen molar-refractivity contribution in [1.29, 1.82) is 0 Å². The third-order valence-electron chi connectivity index (χ3n) is 11.6. The molecule has 0 atom stereocenters. The van der Waals surface area contributed by atoms with E-state index >= 15 is 0 Å². The summed E-state index contributed by atoms with van der Waals surface area (Å²) in [7, 11) is 0. The molecule has 0 N–H and O–H groups in total. The van der Waals surface area contributed by atoms with Gasteiger partial charge in [0.25, 0.3) is 0 Å². The fraction of sp³-hybridized carbons (Fsp3) is 0. The molecule has 0 aliphatic heterocycles. The number of hydrogen-bond donors (Lipinski definition) is 0. The van der Waals surface area contributed by atoms with Crippen LogP contribution in [0.1, 0.15) is 0 Å². The fourth-order valence-corrected chi connectivity index (χ4v) is 9.12. The lowest BCUT2D eigenvalue weighted by atomic mass is 10.0. The Balaban J connectivity index is 1.13. The summed E-state index contributed by atoms with van der Waals surface area (Å²) in [4.78, 5) is 9.06. The SMILES string of the molecule is c1cncc(-c2ccc(-c3ccncc3-n3c4ccc(-n5c6ccccc6c6ccccc65)cc4c4cc(-n5c6ccccc6c6ccccc65)ccc43)cc2)c1. The maximum atomic E-state index is 4.72. The molecular weight excluding hydrogens is 695 g/mol. The maximum Gasteiger partial charge on any atom is 0.0723 e. The second-order valence-electron chi connectivity index (χ2n) is 14.7. The van der Waals surface area contributed by atoms with Gasteiger partial charge in [0, 0.05) is 67.8 Å². The van der Waals surface area contributed by atoms with Crippen molar-refractivity contribution in [2.75, 3.05) is 0 Å². The molecule has 0 amide bonds. The van der Waals surface area contributed by atoms with Gasteiger partial charge >= 0.3 is 0 Å². The van der Waals surface area contributed by atoms with Crippen LogP contribution in [0.5, 0.6) is 0 Å². The Morgan fingerprint density at radius 3 is 1.25 bits per heavy atom. The first-order valence-electron chi connectivity index (χ1n) is 19.3. The molecule has 0 aliphatic carbocycles. The van der Waals surface area contributed by atoms with E-state index in [9.17, 15) is 0 Å². The minimum Gasteiger partial charge on any atom is -0.309 e. The lowest BCUT2D eigenvalue weighted by Crippen LogP contribution is -1.99. The Bertz CT molecular complexity index is 3240. The number of benzene rings is 7. The molecule has 0 spiro atoms. The third-order valence-corrected chi connectivity index (χ3v) is 11.6. The molecule has 12 aromatic rings. The Hall–Kier alpha value is -7.76. The molecule has 5 aromatic heterocycles. The molecule has 0 radical (unpaired) electrons. The van der Waals surface area contributed by atoms with Crippen LogP contribution < -0.4 is 0 Å². The van der Waals surface area contributed by atoms with E-state index in [1.807, 2.05) is 30.9 Å². The average Bonchev–Trinajstić information content (AvgIpc) is 3.92. The Morgan fingerprint density at radius 2 is 0.754 bits per heavy atom. The van der Waals surface area contributed by atoms with Gasteiger partial charge in [0.05, 0.1) is 45.0 Å². The monoisotopic (exact) mass is 727 g/mol. The van der Waals surface area contributed by atoms with Crippen LogP contribution in [0.2, 0.25) is 0 Å². The van der Waals surface area contributed by atoms with Crippen molar-refractivity contribution in [2.45, 2.75) is 0 Å². The zero-order chi connectivity index (χ0) is 37.5. The highest BCUT2D eigenvalue weighted by Crippen LogP contribution is 2.41. The van der Waals surface area contributed by atoms with Crippen molar-refractivity contribution in [3.63, 3.8) is 0 Å². The first-order valence-corrected chi connectivity index (χ1v) is 19.3. The molecule has 12 rings (SSSR count). The first-order chi connectivity index (χ1) is 28.3. The van der Waals surface area contributed by atoms with Gasteiger partial charge in [-0.25, -0.2) is 0 Å². The molecule has 266 valence electrons. The largest absolute Gasteiger partial charge is 0.309 e. The van der Waals surface area contributed by atoms with Crippen molar-refractivity contribution in [2.24, 2.45) is 0 Å². The van der Waals surface area contributed by atoms with Gasteiger partial charge in [-0.3, -0.25) is 9.97 Å². The number of fused-ring (bicyclic) bond motifs is 9. The van der Waals surface area contributed by atoms with Gasteiger partial charge in [-0.15, -0.1) is 0 Å². The van der Waals surface area contributed by atoms with Crippen LogP contribution in [0.4, 0.5) is 0 Å². The molecule has 5 heterocycles. The van der Waals surface area contributed by atoms with Crippen LogP contribution in [0, 0.1) is 0 Å². The number of aromatic nitrogens is 5. The molecule has 0 saturated heterocycles. The van der Waals surface area contributed by atoms with E-state index in [1.165, 1.54) is 54.4 Å². The van der Waals surface area contributed by atoms with E-state index in [0.29, 0.717) is 0 Å². The van der Waals surface area contributed by atoms with Crippen molar-refractivity contribution < 1.29 is 0 Å². The molecule has 7 aromatic carbocycles. The minimum atomic E-state index is 1.03. The van der Waals surface area contributed by atoms with E-state index in [4.69, 9.17) is 4.98 Å². The van der Waals surface area contributed by atoms with Gasteiger partial charge in [0.2, 0.25) is 0 Å². The topological polar surface area (TPSA) is 40.6 Å². The van der Waals surface area contributed by atoms with Gasteiger partial charge in [0.1, 0.15) is 0 Å². The van der Waals surface area contributed by atoms with Crippen LogP contribution in [0.15, 0.2) is 201 Å². The molecule has 0 fully saturated rings. The molecule has 0 bridgehead atoms. The van der Waals surface area contributed by atoms with Gasteiger partial charge in [-0.1, -0.05) is 103 Å². The summed E-state index contributed by atoms with van der Waals surface area (Å²) >= 11 is 0. The third kappa shape index (κ3) is 4.76. The molecule has 5 nitrogen and oxygen atoms in total. The van der Waals surface area contributed by atoms with Crippen LogP contribution >= 0.6 is 0 Å². The summed E-state index contributed by atoms with van der Waals surface area (Å²) in [6.07, 6.45) is 7.62. The molecule has 57 heavy (non-hydrogen) atoms. The second-order valence-corrected chi connectivity index (χ2v) is 14.7. The van der Waals surface area contributed by atoms with Gasteiger partial charge in [0.15, 0.2) is 0 Å². The maximum absolute atomic E-state index is 4.72. The Labute approximate surface area is 328 Å². The standard InChI is InChI=1S/C52H33N5/c1-5-15-46-40(11-1)41-12-2-6-16-47(41)55(46)37-23-25-50-44(30-37)45-31-38(56-48-17-7-3-13-42(48)43-14-4-8-18-49(43)56)24-26-51(45)57(50)52-33-54-29-27-39(52)35-21-19-34(20-22-35)36-10-9-28-53-32-36/h1-33H. The van der Waals surface area contributed by atoms with Crippen molar-refractivity contribution in [3.05, 3.63) is 201 Å². The quantitative estimate of drug-likeness (QED) is 0.177. The highest BCUT2D eigenvalue weighted by molar-refractivity contribution is 6.14. The number of hydrogen-bond acceptors (Lipinski definition) is 2. The summed E-state index contributed by atoms with van der Waals surface area (Å²) in [5.74, 6) is 0. The van der Waals surface area contributed by atoms with E-state index in [2.05, 4.69) is 189 Å². The lowest BCUT2D eigenvalue weighted by molar-refractivity contribution is 1.13. The number of pyridine rings is 2. The summed E-state index contributed by atoms with van der Waals surface area (Å²) in [5.41, 5.74) is 14.7. The Kier molecular flexibility index (Phi) is 6.86. The highest BCUT2D eigenvalue weighted by atomic mass is 15.0. The summed E-state index contributed by atoms with van der Waals surface area (Å²) < 4.78 is 7.21. The van der Waals surface area contributed by atoms with E-state index in [1.54, 1.807) is 0 Å². The highest BCUT2D eigenvalue weighted by Gasteiger charge is 2.20.